The highest BCUT2D eigenvalue weighted by atomic mass is 35.5. The number of hydrogen-bond acceptors (Lipinski definition) is 6. The van der Waals surface area contributed by atoms with Crippen molar-refractivity contribution >= 4 is 35.0 Å². The summed E-state index contributed by atoms with van der Waals surface area (Å²) in [4.78, 5) is 12.2. The lowest BCUT2D eigenvalue weighted by atomic mass is 10.3. The van der Waals surface area contributed by atoms with Crippen LogP contribution in [0.2, 0.25) is 5.02 Å². The van der Waals surface area contributed by atoms with Gasteiger partial charge in [0, 0.05) is 12.7 Å². The summed E-state index contributed by atoms with van der Waals surface area (Å²) < 4.78 is 12.6. The van der Waals surface area contributed by atoms with E-state index < -0.39 is 0 Å². The van der Waals surface area contributed by atoms with E-state index in [2.05, 4.69) is 15.5 Å². The van der Waals surface area contributed by atoms with Crippen molar-refractivity contribution in [2.24, 2.45) is 7.05 Å². The maximum atomic E-state index is 12.2. The Labute approximate surface area is 172 Å². The highest BCUT2D eigenvalue weighted by molar-refractivity contribution is 7.99. The number of nitrogens with zero attached hydrogens (tertiary/aromatic N) is 3. The zero-order valence-corrected chi connectivity index (χ0v) is 17.0. The summed E-state index contributed by atoms with van der Waals surface area (Å²) in [6.07, 6.45) is 0. The van der Waals surface area contributed by atoms with Crippen molar-refractivity contribution in [3.8, 4) is 11.5 Å². The van der Waals surface area contributed by atoms with Crippen molar-refractivity contribution < 1.29 is 14.3 Å². The predicted octanol–water partition coefficient (Wildman–Crippen LogP) is 3.79. The van der Waals surface area contributed by atoms with Gasteiger partial charge in [-0.3, -0.25) is 4.79 Å². The Morgan fingerprint density at radius 1 is 1.21 bits per heavy atom. The van der Waals surface area contributed by atoms with E-state index in [-0.39, 0.29) is 11.7 Å². The summed E-state index contributed by atoms with van der Waals surface area (Å²) in [5, 5.41) is 12.1. The first-order valence-electron chi connectivity index (χ1n) is 8.39. The van der Waals surface area contributed by atoms with Crippen LogP contribution in [0.1, 0.15) is 5.82 Å². The highest BCUT2D eigenvalue weighted by Gasteiger charge is 2.12. The van der Waals surface area contributed by atoms with Gasteiger partial charge >= 0.3 is 0 Å². The molecule has 0 bridgehead atoms. The van der Waals surface area contributed by atoms with Crippen LogP contribution in [0.4, 0.5) is 5.69 Å². The number of anilines is 1. The van der Waals surface area contributed by atoms with Crippen molar-refractivity contribution in [2.75, 3.05) is 18.2 Å². The Bertz CT molecular complexity index is 950. The maximum Gasteiger partial charge on any atom is 0.234 e. The number of thioether (sulfide) groups is 1. The van der Waals surface area contributed by atoms with Crippen LogP contribution in [0, 0.1) is 0 Å². The van der Waals surface area contributed by atoms with Crippen LogP contribution in [0.15, 0.2) is 53.7 Å². The second-order valence-electron chi connectivity index (χ2n) is 5.75. The fourth-order valence-corrected chi connectivity index (χ4v) is 3.32. The first kappa shape index (κ1) is 20.0. The van der Waals surface area contributed by atoms with Gasteiger partial charge in [0.25, 0.3) is 0 Å². The van der Waals surface area contributed by atoms with E-state index in [1.54, 1.807) is 18.2 Å². The number of carbonyl (C=O) groups is 1. The van der Waals surface area contributed by atoms with Gasteiger partial charge in [0.2, 0.25) is 5.91 Å². The summed E-state index contributed by atoms with van der Waals surface area (Å²) in [5.41, 5.74) is 0.603. The van der Waals surface area contributed by atoms with E-state index in [0.717, 1.165) is 5.75 Å². The number of methoxy groups -OCH3 is 1. The van der Waals surface area contributed by atoms with Crippen molar-refractivity contribution in [1.82, 2.24) is 14.8 Å². The molecule has 1 heterocycles. The molecular formula is C19H19ClN4O3S. The molecule has 146 valence electrons. The Morgan fingerprint density at radius 2 is 2.00 bits per heavy atom. The molecule has 1 aromatic heterocycles. The maximum absolute atomic E-state index is 12.2. The third-order valence-electron chi connectivity index (χ3n) is 3.80. The fraction of sp³-hybridized carbons (Fsp3) is 0.211. The van der Waals surface area contributed by atoms with Crippen molar-refractivity contribution in [2.45, 2.75) is 11.8 Å². The van der Waals surface area contributed by atoms with Gasteiger partial charge in [-0.2, -0.15) is 0 Å². The van der Waals surface area contributed by atoms with Gasteiger partial charge < -0.3 is 19.4 Å². The van der Waals surface area contributed by atoms with Gasteiger partial charge in [-0.1, -0.05) is 41.6 Å². The van der Waals surface area contributed by atoms with Gasteiger partial charge in [0.1, 0.15) is 18.1 Å². The minimum absolute atomic E-state index is 0.170. The molecule has 0 saturated carbocycles. The van der Waals surface area contributed by atoms with Crippen LogP contribution in [0.5, 0.6) is 11.5 Å². The van der Waals surface area contributed by atoms with Crippen LogP contribution in [-0.2, 0) is 18.4 Å². The monoisotopic (exact) mass is 418 g/mol. The summed E-state index contributed by atoms with van der Waals surface area (Å²) in [6, 6.07) is 14.6. The molecule has 3 rings (SSSR count). The number of ether oxygens (including phenoxy) is 2. The normalized spacial score (nSPS) is 10.5. The molecule has 0 aliphatic carbocycles. The summed E-state index contributed by atoms with van der Waals surface area (Å²) in [6.45, 7) is 0.296. The number of para-hydroxylation sites is 1. The molecular weight excluding hydrogens is 400 g/mol. The topological polar surface area (TPSA) is 78.3 Å². The molecule has 0 atom stereocenters. The molecule has 1 amide bonds. The van der Waals surface area contributed by atoms with Gasteiger partial charge in [-0.15, -0.1) is 10.2 Å². The van der Waals surface area contributed by atoms with Gasteiger partial charge in [-0.05, 0) is 30.3 Å². The number of rotatable bonds is 8. The second kappa shape index (κ2) is 9.48. The molecule has 2 aromatic carbocycles. The molecule has 3 aromatic rings. The lowest BCUT2D eigenvalue weighted by Gasteiger charge is -2.08. The quantitative estimate of drug-likeness (QED) is 0.561. The second-order valence-corrected chi connectivity index (χ2v) is 7.10. The predicted molar refractivity (Wildman–Crippen MR) is 109 cm³/mol. The van der Waals surface area contributed by atoms with E-state index in [9.17, 15) is 4.79 Å². The zero-order chi connectivity index (χ0) is 19.9. The van der Waals surface area contributed by atoms with Crippen LogP contribution >= 0.6 is 23.4 Å². The lowest BCUT2D eigenvalue weighted by Crippen LogP contribution is -2.14. The number of carbonyl (C=O) groups excluding carboxylic acids is 1. The highest BCUT2D eigenvalue weighted by Crippen LogP contribution is 2.27. The molecule has 0 fully saturated rings. The van der Waals surface area contributed by atoms with Crippen molar-refractivity contribution in [3.63, 3.8) is 0 Å². The van der Waals surface area contributed by atoms with Crippen LogP contribution < -0.4 is 14.8 Å². The average Bonchev–Trinajstić information content (AvgIpc) is 3.05. The molecule has 28 heavy (non-hydrogen) atoms. The standard InChI is InChI=1S/C19H19ClN4O3S/c1-24-17(11-27-14-6-4-3-5-7-14)22-23-19(24)28-12-18(25)21-13-8-9-16(26-2)15(20)10-13/h3-10H,11-12H2,1-2H3,(H,21,25). The Kier molecular flexibility index (Phi) is 6.78. The third-order valence-corrected chi connectivity index (χ3v) is 5.12. The molecule has 0 radical (unpaired) electrons. The van der Waals surface area contributed by atoms with Gasteiger partial charge in [0.15, 0.2) is 11.0 Å². The Hall–Kier alpha value is -2.71. The summed E-state index contributed by atoms with van der Waals surface area (Å²) in [5.74, 6) is 2.01. The minimum Gasteiger partial charge on any atom is -0.495 e. The molecule has 0 aliphatic rings. The van der Waals surface area contributed by atoms with E-state index in [1.807, 2.05) is 41.9 Å². The Balaban J connectivity index is 1.52. The number of benzene rings is 2. The Morgan fingerprint density at radius 3 is 2.71 bits per heavy atom. The summed E-state index contributed by atoms with van der Waals surface area (Å²) >= 11 is 7.36. The third kappa shape index (κ3) is 5.17. The number of hydrogen-bond donors (Lipinski definition) is 1. The lowest BCUT2D eigenvalue weighted by molar-refractivity contribution is -0.113. The SMILES string of the molecule is COc1ccc(NC(=O)CSc2nnc(COc3ccccc3)n2C)cc1Cl. The molecule has 0 unspecified atom stereocenters. The molecule has 7 nitrogen and oxygen atoms in total. The van der Waals surface area contributed by atoms with Crippen molar-refractivity contribution in [3.05, 3.63) is 59.4 Å². The van der Waals surface area contributed by atoms with E-state index in [4.69, 9.17) is 21.1 Å². The number of halogens is 1. The number of aromatic nitrogens is 3. The molecule has 9 heteroatoms. The largest absolute Gasteiger partial charge is 0.495 e. The van der Waals surface area contributed by atoms with Gasteiger partial charge in [0.05, 0.1) is 17.9 Å². The molecule has 0 saturated heterocycles. The number of amides is 1. The van der Waals surface area contributed by atoms with Crippen LogP contribution in [-0.4, -0.2) is 33.5 Å². The van der Waals surface area contributed by atoms with E-state index >= 15 is 0 Å². The van der Waals surface area contributed by atoms with E-state index in [0.29, 0.717) is 34.0 Å². The van der Waals surface area contributed by atoms with Crippen LogP contribution in [0.25, 0.3) is 0 Å². The summed E-state index contributed by atoms with van der Waals surface area (Å²) in [7, 11) is 3.38. The molecule has 0 spiro atoms. The zero-order valence-electron chi connectivity index (χ0n) is 15.4. The van der Waals surface area contributed by atoms with Crippen LogP contribution in [0.3, 0.4) is 0 Å². The first-order valence-corrected chi connectivity index (χ1v) is 9.75. The smallest absolute Gasteiger partial charge is 0.234 e. The average molecular weight is 419 g/mol. The van der Waals surface area contributed by atoms with E-state index in [1.165, 1.54) is 18.9 Å². The molecule has 0 aliphatic heterocycles. The van der Waals surface area contributed by atoms with Gasteiger partial charge in [-0.25, -0.2) is 0 Å². The molecule has 1 N–H and O–H groups in total. The fourth-order valence-electron chi connectivity index (χ4n) is 2.33. The first-order chi connectivity index (χ1) is 13.6. The number of nitrogens with one attached hydrogen (secondary N) is 1. The van der Waals surface area contributed by atoms with Crippen molar-refractivity contribution in [1.29, 1.82) is 0 Å². The minimum atomic E-state index is -0.170.